The number of amides is 1. The van der Waals surface area contributed by atoms with Crippen molar-refractivity contribution in [2.45, 2.75) is 27.3 Å². The molecule has 1 amide bonds. The number of rotatable bonds is 5. The molecule has 0 N–H and O–H groups in total. The van der Waals surface area contributed by atoms with E-state index in [1.165, 1.54) is 22.5 Å². The van der Waals surface area contributed by atoms with Crippen LogP contribution in [-0.2, 0) is 6.54 Å². The first-order valence-electron chi connectivity index (χ1n) is 9.33. The summed E-state index contributed by atoms with van der Waals surface area (Å²) in [5.41, 5.74) is 6.56. The minimum absolute atomic E-state index is 0.0164. The van der Waals surface area contributed by atoms with Crippen LogP contribution in [0.1, 0.15) is 32.1 Å². The molecule has 5 heteroatoms. The summed E-state index contributed by atoms with van der Waals surface area (Å²) < 4.78 is 0. The maximum absolute atomic E-state index is 13.0. The van der Waals surface area contributed by atoms with Gasteiger partial charge in [-0.25, -0.2) is 4.98 Å². The molecule has 4 nitrogen and oxygen atoms in total. The molecule has 3 rings (SSSR count). The second-order valence-corrected chi connectivity index (χ2v) is 8.47. The van der Waals surface area contributed by atoms with E-state index in [0.717, 1.165) is 27.5 Å². The van der Waals surface area contributed by atoms with Crippen LogP contribution in [0.25, 0.3) is 10.6 Å². The van der Waals surface area contributed by atoms with Crippen molar-refractivity contribution >= 4 is 22.9 Å². The van der Waals surface area contributed by atoms with Gasteiger partial charge in [0.1, 0.15) is 9.88 Å². The number of carbonyl (C=O) groups excluding carboxylic acids is 1. The van der Waals surface area contributed by atoms with Crippen LogP contribution in [0.4, 0.5) is 5.69 Å². The van der Waals surface area contributed by atoms with Crippen molar-refractivity contribution in [3.63, 3.8) is 0 Å². The second-order valence-electron chi connectivity index (χ2n) is 7.47. The van der Waals surface area contributed by atoms with E-state index in [9.17, 15) is 4.79 Å². The van der Waals surface area contributed by atoms with Crippen molar-refractivity contribution in [2.24, 2.45) is 0 Å². The first kappa shape index (κ1) is 20.1. The fourth-order valence-electron chi connectivity index (χ4n) is 3.18. The van der Waals surface area contributed by atoms with E-state index in [-0.39, 0.29) is 5.91 Å². The van der Waals surface area contributed by atoms with Gasteiger partial charge in [0.25, 0.3) is 5.91 Å². The molecule has 1 aromatic heterocycles. The van der Waals surface area contributed by atoms with Crippen LogP contribution in [0.2, 0.25) is 0 Å². The van der Waals surface area contributed by atoms with Gasteiger partial charge in [-0.05, 0) is 44.0 Å². The van der Waals surface area contributed by atoms with Gasteiger partial charge in [0.2, 0.25) is 0 Å². The highest BCUT2D eigenvalue weighted by Crippen LogP contribution is 2.31. The molecule has 0 radical (unpaired) electrons. The summed E-state index contributed by atoms with van der Waals surface area (Å²) >= 11 is 1.48. The van der Waals surface area contributed by atoms with Gasteiger partial charge in [-0.1, -0.05) is 35.9 Å². The lowest BCUT2D eigenvalue weighted by atomic mass is 10.1. The quantitative estimate of drug-likeness (QED) is 0.607. The van der Waals surface area contributed by atoms with Crippen LogP contribution in [0.3, 0.4) is 0 Å². The molecule has 0 aliphatic rings. The van der Waals surface area contributed by atoms with Crippen LogP contribution in [0.15, 0.2) is 42.5 Å². The van der Waals surface area contributed by atoms with E-state index in [0.29, 0.717) is 11.4 Å². The molecular weight excluding hydrogens is 366 g/mol. The maximum atomic E-state index is 13.0. The van der Waals surface area contributed by atoms with Gasteiger partial charge >= 0.3 is 0 Å². The van der Waals surface area contributed by atoms with Gasteiger partial charge < -0.3 is 9.80 Å². The Labute approximate surface area is 171 Å². The van der Waals surface area contributed by atoms with Crippen molar-refractivity contribution in [1.29, 1.82) is 0 Å². The third-order valence-corrected chi connectivity index (χ3v) is 6.00. The maximum Gasteiger partial charge on any atom is 0.265 e. The molecular formula is C23H27N3OS. The number of anilines is 1. The normalized spacial score (nSPS) is 10.8. The summed E-state index contributed by atoms with van der Waals surface area (Å²) in [6.45, 7) is 6.65. The molecule has 0 unspecified atom stereocenters. The Hall–Kier alpha value is -2.66. The lowest BCUT2D eigenvalue weighted by molar-refractivity contribution is 0.0789. The summed E-state index contributed by atoms with van der Waals surface area (Å²) in [4.78, 5) is 22.2. The Bertz CT molecular complexity index is 990. The van der Waals surface area contributed by atoms with E-state index in [4.69, 9.17) is 0 Å². The zero-order valence-corrected chi connectivity index (χ0v) is 18.2. The van der Waals surface area contributed by atoms with E-state index < -0.39 is 0 Å². The summed E-state index contributed by atoms with van der Waals surface area (Å²) in [6, 6.07) is 14.6. The zero-order chi connectivity index (χ0) is 20.4. The van der Waals surface area contributed by atoms with Gasteiger partial charge in [0, 0.05) is 38.9 Å². The molecule has 28 heavy (non-hydrogen) atoms. The molecule has 0 saturated carbocycles. The molecule has 0 aliphatic carbocycles. The molecule has 0 bridgehead atoms. The summed E-state index contributed by atoms with van der Waals surface area (Å²) in [6.07, 6.45) is 0. The number of nitrogens with zero attached hydrogens (tertiary/aromatic N) is 3. The van der Waals surface area contributed by atoms with Gasteiger partial charge in [-0.2, -0.15) is 0 Å². The number of carbonyl (C=O) groups is 1. The second kappa shape index (κ2) is 8.15. The predicted molar refractivity (Wildman–Crippen MR) is 118 cm³/mol. The number of aromatic nitrogens is 1. The van der Waals surface area contributed by atoms with Gasteiger partial charge in [-0.15, -0.1) is 11.3 Å². The highest BCUT2D eigenvalue weighted by Gasteiger charge is 2.20. The SMILES string of the molecule is Cc1ccc(-c2nc(C)c(C(=O)N(C)Cc3ccc(N(C)C)cc3)s2)c(C)c1. The number of hydrogen-bond donors (Lipinski definition) is 0. The summed E-state index contributed by atoms with van der Waals surface area (Å²) in [5.74, 6) is 0.0164. The number of aryl methyl sites for hydroxylation is 3. The van der Waals surface area contributed by atoms with E-state index in [1.54, 1.807) is 4.90 Å². The van der Waals surface area contributed by atoms with Gasteiger partial charge in [0.15, 0.2) is 0 Å². The molecule has 0 atom stereocenters. The van der Waals surface area contributed by atoms with E-state index in [2.05, 4.69) is 66.2 Å². The number of benzene rings is 2. The van der Waals surface area contributed by atoms with Crippen molar-refractivity contribution in [3.05, 3.63) is 69.7 Å². The van der Waals surface area contributed by atoms with E-state index in [1.807, 2.05) is 28.1 Å². The first-order chi connectivity index (χ1) is 13.3. The standard InChI is InChI=1S/C23H27N3OS/c1-15-7-12-20(16(2)13-15)22-24-17(3)21(28-22)23(27)26(6)14-18-8-10-19(11-9-18)25(4)5/h7-13H,14H2,1-6H3. The van der Waals surface area contributed by atoms with Gasteiger partial charge in [-0.3, -0.25) is 4.79 Å². The third kappa shape index (κ3) is 4.25. The average molecular weight is 394 g/mol. The molecule has 0 aliphatic heterocycles. The Balaban J connectivity index is 1.79. The summed E-state index contributed by atoms with van der Waals surface area (Å²) in [7, 11) is 5.88. The summed E-state index contributed by atoms with van der Waals surface area (Å²) in [5, 5.41) is 0.905. The smallest absolute Gasteiger partial charge is 0.265 e. The molecule has 146 valence electrons. The minimum Gasteiger partial charge on any atom is -0.378 e. The van der Waals surface area contributed by atoms with Crippen molar-refractivity contribution in [3.8, 4) is 10.6 Å². The highest BCUT2D eigenvalue weighted by atomic mass is 32.1. The highest BCUT2D eigenvalue weighted by molar-refractivity contribution is 7.17. The lowest BCUT2D eigenvalue weighted by Gasteiger charge is -2.18. The van der Waals surface area contributed by atoms with E-state index >= 15 is 0 Å². The molecule has 3 aromatic rings. The monoisotopic (exact) mass is 393 g/mol. The van der Waals surface area contributed by atoms with Crippen LogP contribution >= 0.6 is 11.3 Å². The number of hydrogen-bond acceptors (Lipinski definition) is 4. The lowest BCUT2D eigenvalue weighted by Crippen LogP contribution is -2.26. The number of thiazole rings is 1. The van der Waals surface area contributed by atoms with Crippen LogP contribution in [-0.4, -0.2) is 36.9 Å². The first-order valence-corrected chi connectivity index (χ1v) is 10.1. The average Bonchev–Trinajstić information content (AvgIpc) is 3.02. The Kier molecular flexibility index (Phi) is 5.84. The molecule has 0 spiro atoms. The molecule has 0 fully saturated rings. The Morgan fingerprint density at radius 1 is 1.00 bits per heavy atom. The van der Waals surface area contributed by atoms with Gasteiger partial charge in [0.05, 0.1) is 5.69 Å². The molecule has 0 saturated heterocycles. The molecule has 1 heterocycles. The van der Waals surface area contributed by atoms with Crippen molar-refractivity contribution in [2.75, 3.05) is 26.0 Å². The van der Waals surface area contributed by atoms with Crippen LogP contribution in [0, 0.1) is 20.8 Å². The Morgan fingerprint density at radius 2 is 1.68 bits per heavy atom. The molecule has 2 aromatic carbocycles. The van der Waals surface area contributed by atoms with Crippen LogP contribution in [0.5, 0.6) is 0 Å². The van der Waals surface area contributed by atoms with Crippen LogP contribution < -0.4 is 4.90 Å². The fraction of sp³-hybridized carbons (Fsp3) is 0.304. The van der Waals surface area contributed by atoms with Crippen molar-refractivity contribution in [1.82, 2.24) is 9.88 Å². The minimum atomic E-state index is 0.0164. The third-order valence-electron chi connectivity index (χ3n) is 4.82. The largest absolute Gasteiger partial charge is 0.378 e. The topological polar surface area (TPSA) is 36.4 Å². The Morgan fingerprint density at radius 3 is 2.29 bits per heavy atom. The van der Waals surface area contributed by atoms with Crippen molar-refractivity contribution < 1.29 is 4.79 Å². The predicted octanol–water partition coefficient (Wildman–Crippen LogP) is 5.07. The fourth-order valence-corrected chi connectivity index (χ4v) is 4.33. The zero-order valence-electron chi connectivity index (χ0n) is 17.4.